The largest absolute Gasteiger partial charge is 0.508 e. The molecule has 2 aromatic rings. The number of nitrogens with one attached hydrogen (secondary N) is 2. The molecule has 0 bridgehead atoms. The van der Waals surface area contributed by atoms with Crippen LogP contribution in [0.2, 0.25) is 0 Å². The molecule has 14 heteroatoms. The van der Waals surface area contributed by atoms with Gasteiger partial charge in [0.1, 0.15) is 17.1 Å². The molecule has 0 aromatic heterocycles. The Hall–Kier alpha value is -5.18. The maximum Gasteiger partial charge on any atom is 0.319 e. The number of nitrogens with two attached hydrogens (primary N) is 2. The molecule has 4 aliphatic carbocycles. The summed E-state index contributed by atoms with van der Waals surface area (Å²) in [6.07, 6.45) is 0.350. The van der Waals surface area contributed by atoms with Crippen LogP contribution in [0.4, 0.5) is 10.5 Å². The van der Waals surface area contributed by atoms with E-state index in [2.05, 4.69) is 10.6 Å². The van der Waals surface area contributed by atoms with E-state index in [1.54, 1.807) is 45.2 Å². The molecule has 5 atom stereocenters. The lowest BCUT2D eigenvalue weighted by Gasteiger charge is -2.51. The quantitative estimate of drug-likeness (QED) is 0.175. The first-order valence-electron chi connectivity index (χ1n) is 15.4. The zero-order chi connectivity index (χ0) is 34.8. The van der Waals surface area contributed by atoms with Crippen LogP contribution >= 0.6 is 0 Å². The van der Waals surface area contributed by atoms with Crippen LogP contribution < -0.4 is 22.3 Å². The lowest BCUT2D eigenvalue weighted by molar-refractivity contribution is -0.138. The van der Waals surface area contributed by atoms with Gasteiger partial charge in [-0.1, -0.05) is 36.4 Å². The van der Waals surface area contributed by atoms with E-state index in [9.17, 15) is 34.5 Å². The molecule has 9 N–H and O–H groups in total. The van der Waals surface area contributed by atoms with Crippen molar-refractivity contribution in [1.29, 1.82) is 0 Å². The van der Waals surface area contributed by atoms with Gasteiger partial charge in [0.15, 0.2) is 22.9 Å². The van der Waals surface area contributed by atoms with E-state index in [-0.39, 0.29) is 30.4 Å². The van der Waals surface area contributed by atoms with Crippen LogP contribution in [0.15, 0.2) is 87.7 Å². The first-order valence-corrected chi connectivity index (χ1v) is 15.4. The summed E-state index contributed by atoms with van der Waals surface area (Å²) in [6, 6.07) is 10.2. The number of aliphatic hydroxyl groups is 3. The molecule has 0 heterocycles. The maximum absolute atomic E-state index is 14.1. The molecular formula is C34H38N6O8. The summed E-state index contributed by atoms with van der Waals surface area (Å²) in [5, 5.41) is 42.6. The highest BCUT2D eigenvalue weighted by Gasteiger charge is 2.63. The molecule has 14 nitrogen and oxygen atoms in total. The lowest BCUT2D eigenvalue weighted by atomic mass is 9.58. The van der Waals surface area contributed by atoms with Crippen molar-refractivity contribution in [2.75, 3.05) is 33.5 Å². The zero-order valence-corrected chi connectivity index (χ0v) is 26.9. The van der Waals surface area contributed by atoms with Gasteiger partial charge in [-0.2, -0.15) is 5.90 Å². The van der Waals surface area contributed by atoms with Crippen molar-refractivity contribution >= 4 is 40.0 Å². The molecule has 6 rings (SSSR count). The van der Waals surface area contributed by atoms with E-state index in [4.69, 9.17) is 16.5 Å². The van der Waals surface area contributed by atoms with Gasteiger partial charge in [-0.3, -0.25) is 19.3 Å². The van der Waals surface area contributed by atoms with Gasteiger partial charge in [0.2, 0.25) is 0 Å². The third-order valence-corrected chi connectivity index (χ3v) is 9.92. The Bertz CT molecular complexity index is 1900. The Morgan fingerprint density at radius 3 is 2.33 bits per heavy atom. The highest BCUT2D eigenvalue weighted by Crippen LogP contribution is 2.56. The molecule has 0 radical (unpaired) electrons. The molecule has 0 saturated heterocycles. The highest BCUT2D eigenvalue weighted by atomic mass is 16.6. The topological polar surface area (TPSA) is 221 Å². The Kier molecular flexibility index (Phi) is 8.06. The average Bonchev–Trinajstić information content (AvgIpc) is 3.02. The number of hydrogen-bond acceptors (Lipinski definition) is 11. The minimum Gasteiger partial charge on any atom is -0.508 e. The fourth-order valence-corrected chi connectivity index (χ4v) is 7.86. The van der Waals surface area contributed by atoms with Crippen LogP contribution in [-0.2, 0) is 19.2 Å². The SMILES string of the molecule is CN(C)C1=C2C[C@H]3C[C@H]4[C@H](N(C)C)C(=O)C(C(N)=O)=C(O)[C@@]4(O)C(ON)=C3C(O)=C2C(=O)C(NC(=O)Nc2cccc3ccccc23)C1. The van der Waals surface area contributed by atoms with Crippen LogP contribution in [0.1, 0.15) is 19.3 Å². The minimum absolute atomic E-state index is 0.0359. The first-order chi connectivity index (χ1) is 22.7. The zero-order valence-electron chi connectivity index (χ0n) is 26.9. The summed E-state index contributed by atoms with van der Waals surface area (Å²) >= 11 is 0. The number of anilines is 1. The van der Waals surface area contributed by atoms with Crippen molar-refractivity contribution in [3.8, 4) is 0 Å². The highest BCUT2D eigenvalue weighted by molar-refractivity contribution is 6.22. The first kappa shape index (κ1) is 32.7. The Morgan fingerprint density at radius 2 is 1.69 bits per heavy atom. The van der Waals surface area contributed by atoms with E-state index in [1.807, 2.05) is 30.3 Å². The summed E-state index contributed by atoms with van der Waals surface area (Å²) in [7, 11) is 6.74. The number of aliphatic hydroxyl groups excluding tert-OH is 2. The molecule has 0 saturated carbocycles. The van der Waals surface area contributed by atoms with Gasteiger partial charge in [0, 0.05) is 43.1 Å². The number of likely N-dealkylation sites (N-methyl/N-ethyl adjacent to an activating group) is 1. The number of amides is 3. The van der Waals surface area contributed by atoms with Crippen molar-refractivity contribution < 1.29 is 39.3 Å². The van der Waals surface area contributed by atoms with Gasteiger partial charge in [-0.25, -0.2) is 4.79 Å². The van der Waals surface area contributed by atoms with Gasteiger partial charge in [-0.05, 0) is 49.9 Å². The number of urea groups is 1. The number of fused-ring (bicyclic) bond motifs is 4. The number of nitrogens with zero attached hydrogens (tertiary/aromatic N) is 2. The molecule has 252 valence electrons. The number of allylic oxidation sites excluding steroid dienone is 2. The molecule has 0 spiro atoms. The summed E-state index contributed by atoms with van der Waals surface area (Å²) in [6.45, 7) is 0. The number of Topliss-reactive ketones (excluding diaryl/α,β-unsaturated/α-hetero) is 2. The van der Waals surface area contributed by atoms with E-state index in [0.29, 0.717) is 17.0 Å². The molecule has 4 aliphatic rings. The number of hydrogen-bond donors (Lipinski definition) is 7. The molecule has 0 fully saturated rings. The second-order valence-corrected chi connectivity index (χ2v) is 13.0. The number of ketones is 2. The van der Waals surface area contributed by atoms with Crippen LogP contribution in [0.5, 0.6) is 0 Å². The smallest absolute Gasteiger partial charge is 0.319 e. The number of rotatable bonds is 6. The van der Waals surface area contributed by atoms with Crippen LogP contribution in [0.3, 0.4) is 0 Å². The third-order valence-electron chi connectivity index (χ3n) is 9.92. The Morgan fingerprint density at radius 1 is 1.00 bits per heavy atom. The second kappa shape index (κ2) is 11.8. The summed E-state index contributed by atoms with van der Waals surface area (Å²) in [4.78, 5) is 61.7. The third kappa shape index (κ3) is 4.83. The minimum atomic E-state index is -2.54. The predicted octanol–water partition coefficient (Wildman–Crippen LogP) is 1.66. The Balaban J connectivity index is 1.44. The van der Waals surface area contributed by atoms with Crippen molar-refractivity contribution in [2.45, 2.75) is 36.9 Å². The molecule has 0 aliphatic heterocycles. The number of benzene rings is 2. The van der Waals surface area contributed by atoms with Gasteiger partial charge < -0.3 is 41.4 Å². The predicted molar refractivity (Wildman–Crippen MR) is 175 cm³/mol. The van der Waals surface area contributed by atoms with Crippen LogP contribution in [0.25, 0.3) is 10.8 Å². The van der Waals surface area contributed by atoms with Crippen molar-refractivity contribution in [1.82, 2.24) is 15.1 Å². The second-order valence-electron chi connectivity index (χ2n) is 13.0. The fourth-order valence-electron chi connectivity index (χ4n) is 7.86. The fraction of sp³-hybridized carbons (Fsp3) is 0.353. The molecule has 3 amide bonds. The summed E-state index contributed by atoms with van der Waals surface area (Å²) in [5.74, 6) is -0.681. The van der Waals surface area contributed by atoms with Crippen LogP contribution in [0, 0.1) is 11.8 Å². The number of carbonyl (C=O) groups is 4. The van der Waals surface area contributed by atoms with E-state index >= 15 is 0 Å². The van der Waals surface area contributed by atoms with Crippen molar-refractivity contribution in [3.63, 3.8) is 0 Å². The van der Waals surface area contributed by atoms with Gasteiger partial charge >= 0.3 is 6.03 Å². The molecular weight excluding hydrogens is 620 g/mol. The standard InChI is InChI=1S/C34H38N6O8/c1-39(2)22-14-21(38-33(46)37-20-11-7-9-15-8-5-6-10-17(15)20)27(41)24-18(22)12-16-13-19-26(40(3)4)29(43)25(32(35)45)30(44)34(19,47)31(48-36)23(16)28(24)42/h5-11,16,19,21,26,42,44,47H,12-14,36H2,1-4H3,(H2,35,45)(H2,37,38,46)/t16-,19-,21?,26-,34+/m0/s1. The summed E-state index contributed by atoms with van der Waals surface area (Å²) in [5.41, 5.74) is 3.73. The molecule has 1 unspecified atom stereocenters. The lowest BCUT2D eigenvalue weighted by Crippen LogP contribution is -2.63. The number of carbonyl (C=O) groups excluding carboxylic acids is 4. The molecule has 48 heavy (non-hydrogen) atoms. The monoisotopic (exact) mass is 658 g/mol. The van der Waals surface area contributed by atoms with E-state index in [1.165, 1.54) is 4.90 Å². The van der Waals surface area contributed by atoms with Gasteiger partial charge in [-0.15, -0.1) is 0 Å². The van der Waals surface area contributed by atoms with E-state index < -0.39 is 75.9 Å². The van der Waals surface area contributed by atoms with Gasteiger partial charge in [0.25, 0.3) is 5.91 Å². The average molecular weight is 659 g/mol. The Labute approximate surface area is 275 Å². The normalized spacial score (nSPS) is 27.1. The van der Waals surface area contributed by atoms with Crippen molar-refractivity contribution in [3.05, 3.63) is 87.7 Å². The molecule has 2 aromatic carbocycles. The number of primary amides is 1. The van der Waals surface area contributed by atoms with E-state index in [0.717, 1.165) is 10.8 Å². The maximum atomic E-state index is 14.1. The van der Waals surface area contributed by atoms with Gasteiger partial charge in [0.05, 0.1) is 23.3 Å². The van der Waals surface area contributed by atoms with Crippen LogP contribution in [-0.4, -0.2) is 94.5 Å². The summed E-state index contributed by atoms with van der Waals surface area (Å²) < 4.78 is 0. The van der Waals surface area contributed by atoms with Crippen molar-refractivity contribution in [2.24, 2.45) is 23.5 Å².